The standard InChI is InChI=1S/C16H20ClN3O6S2/c1-16(14(21)18-15(22)19-16)10-27(23,24)20-8-6-13(7-9-20)28(25,26)12-4-2-11(17)3-5-12/h2-5,13H,6-10H2,1H3,(H2,18,19,21,22). The molecule has 0 bridgehead atoms. The van der Waals surface area contributed by atoms with E-state index in [1.165, 1.54) is 35.5 Å². The van der Waals surface area contributed by atoms with Crippen molar-refractivity contribution in [2.24, 2.45) is 0 Å². The van der Waals surface area contributed by atoms with Crippen LogP contribution in [-0.4, -0.2) is 62.7 Å². The molecule has 3 amide bonds. The summed E-state index contributed by atoms with van der Waals surface area (Å²) in [5.74, 6) is -1.30. The van der Waals surface area contributed by atoms with Gasteiger partial charge in [0.2, 0.25) is 10.0 Å². The van der Waals surface area contributed by atoms with Crippen LogP contribution in [-0.2, 0) is 24.7 Å². The van der Waals surface area contributed by atoms with E-state index in [4.69, 9.17) is 11.6 Å². The molecule has 1 aromatic rings. The van der Waals surface area contributed by atoms with Gasteiger partial charge >= 0.3 is 6.03 Å². The zero-order valence-electron chi connectivity index (χ0n) is 15.0. The Balaban J connectivity index is 1.68. The summed E-state index contributed by atoms with van der Waals surface area (Å²) in [5, 5.41) is 4.07. The number of hydrogen-bond donors (Lipinski definition) is 2. The predicted octanol–water partition coefficient (Wildman–Crippen LogP) is 0.506. The predicted molar refractivity (Wildman–Crippen MR) is 102 cm³/mol. The lowest BCUT2D eigenvalue weighted by atomic mass is 10.1. The Morgan fingerprint density at radius 1 is 1.11 bits per heavy atom. The molecule has 2 N–H and O–H groups in total. The van der Waals surface area contributed by atoms with Gasteiger partial charge in [-0.15, -0.1) is 0 Å². The molecule has 2 fully saturated rings. The van der Waals surface area contributed by atoms with Crippen molar-refractivity contribution in [3.63, 3.8) is 0 Å². The molecule has 0 aromatic heterocycles. The van der Waals surface area contributed by atoms with E-state index in [0.29, 0.717) is 5.02 Å². The third-order valence-corrected chi connectivity index (χ3v) is 9.59. The highest BCUT2D eigenvalue weighted by atomic mass is 35.5. The quantitative estimate of drug-likeness (QED) is 0.630. The summed E-state index contributed by atoms with van der Waals surface area (Å²) in [5.41, 5.74) is -1.55. The lowest BCUT2D eigenvalue weighted by Crippen LogP contribution is -2.53. The minimum atomic E-state index is -3.88. The van der Waals surface area contributed by atoms with Gasteiger partial charge in [-0.2, -0.15) is 0 Å². The molecular formula is C16H20ClN3O6S2. The lowest BCUT2D eigenvalue weighted by Gasteiger charge is -2.33. The van der Waals surface area contributed by atoms with Crippen molar-refractivity contribution in [1.29, 1.82) is 0 Å². The number of nitrogens with zero attached hydrogens (tertiary/aromatic N) is 1. The molecule has 1 aromatic carbocycles. The van der Waals surface area contributed by atoms with E-state index in [2.05, 4.69) is 5.32 Å². The number of rotatable bonds is 5. The zero-order chi connectivity index (χ0) is 20.7. The summed E-state index contributed by atoms with van der Waals surface area (Å²) in [6.07, 6.45) is 0.277. The topological polar surface area (TPSA) is 130 Å². The summed E-state index contributed by atoms with van der Waals surface area (Å²) >= 11 is 5.79. The first-order valence-electron chi connectivity index (χ1n) is 8.55. The van der Waals surface area contributed by atoms with Crippen LogP contribution in [0.15, 0.2) is 29.2 Å². The maximum atomic E-state index is 12.8. The maximum Gasteiger partial charge on any atom is 0.322 e. The number of hydrogen-bond acceptors (Lipinski definition) is 6. The van der Waals surface area contributed by atoms with Crippen molar-refractivity contribution in [3.8, 4) is 0 Å². The van der Waals surface area contributed by atoms with Crippen LogP contribution in [0.1, 0.15) is 19.8 Å². The second kappa shape index (κ2) is 7.29. The summed E-state index contributed by atoms with van der Waals surface area (Å²) in [6.45, 7) is 1.37. The van der Waals surface area contributed by atoms with Gasteiger partial charge < -0.3 is 5.32 Å². The largest absolute Gasteiger partial charge is 0.322 e. The van der Waals surface area contributed by atoms with Crippen molar-refractivity contribution >= 4 is 43.4 Å². The van der Waals surface area contributed by atoms with Gasteiger partial charge in [-0.1, -0.05) is 11.6 Å². The number of urea groups is 1. The molecule has 2 aliphatic heterocycles. The van der Waals surface area contributed by atoms with Gasteiger partial charge in [0.15, 0.2) is 9.84 Å². The highest BCUT2D eigenvalue weighted by Crippen LogP contribution is 2.27. The van der Waals surface area contributed by atoms with E-state index >= 15 is 0 Å². The van der Waals surface area contributed by atoms with Crippen LogP contribution < -0.4 is 10.6 Å². The Hall–Kier alpha value is -1.69. The molecule has 2 heterocycles. The van der Waals surface area contributed by atoms with Gasteiger partial charge in [-0.05, 0) is 44.0 Å². The molecule has 0 spiro atoms. The average molecular weight is 450 g/mol. The molecule has 1 unspecified atom stereocenters. The Bertz CT molecular complexity index is 1000. The van der Waals surface area contributed by atoms with E-state index < -0.39 is 48.3 Å². The van der Waals surface area contributed by atoms with Gasteiger partial charge in [-0.3, -0.25) is 10.1 Å². The molecule has 2 aliphatic rings. The van der Waals surface area contributed by atoms with Crippen LogP contribution in [0.5, 0.6) is 0 Å². The van der Waals surface area contributed by atoms with Crippen LogP contribution >= 0.6 is 11.6 Å². The number of benzene rings is 1. The van der Waals surface area contributed by atoms with E-state index in [0.717, 1.165) is 0 Å². The summed E-state index contributed by atoms with van der Waals surface area (Å²) in [6, 6.07) is 5.12. The molecule has 0 aliphatic carbocycles. The molecular weight excluding hydrogens is 430 g/mol. The first-order chi connectivity index (χ1) is 12.9. The number of carbonyl (C=O) groups is 2. The van der Waals surface area contributed by atoms with Crippen LogP contribution in [0.3, 0.4) is 0 Å². The summed E-state index contributed by atoms with van der Waals surface area (Å²) < 4.78 is 52.1. The molecule has 0 saturated carbocycles. The van der Waals surface area contributed by atoms with Gasteiger partial charge in [0, 0.05) is 18.1 Å². The van der Waals surface area contributed by atoms with Crippen molar-refractivity contribution in [1.82, 2.24) is 14.9 Å². The molecule has 2 saturated heterocycles. The van der Waals surface area contributed by atoms with Crippen LogP contribution in [0.4, 0.5) is 4.79 Å². The molecule has 9 nitrogen and oxygen atoms in total. The third kappa shape index (κ3) is 4.02. The number of imide groups is 1. The van der Waals surface area contributed by atoms with E-state index in [9.17, 15) is 26.4 Å². The molecule has 154 valence electrons. The zero-order valence-corrected chi connectivity index (χ0v) is 17.4. The van der Waals surface area contributed by atoms with Crippen molar-refractivity contribution in [2.45, 2.75) is 35.4 Å². The molecule has 12 heteroatoms. The summed E-state index contributed by atoms with van der Waals surface area (Å²) in [4.78, 5) is 23.3. The highest BCUT2D eigenvalue weighted by Gasteiger charge is 2.47. The number of piperidine rings is 1. The normalized spacial score (nSPS) is 24.8. The number of sulfonamides is 1. The Morgan fingerprint density at radius 3 is 2.18 bits per heavy atom. The SMILES string of the molecule is CC1(CS(=O)(=O)N2CCC(S(=O)(=O)c3ccc(Cl)cc3)CC2)NC(=O)NC1=O. The van der Waals surface area contributed by atoms with Gasteiger partial charge in [-0.25, -0.2) is 25.9 Å². The smallest absolute Gasteiger partial charge is 0.322 e. The fraction of sp³-hybridized carbons (Fsp3) is 0.500. The van der Waals surface area contributed by atoms with Crippen LogP contribution in [0.2, 0.25) is 5.02 Å². The lowest BCUT2D eigenvalue weighted by molar-refractivity contribution is -0.122. The molecule has 0 radical (unpaired) electrons. The van der Waals surface area contributed by atoms with E-state index in [1.54, 1.807) is 0 Å². The van der Waals surface area contributed by atoms with Crippen molar-refractivity contribution < 1.29 is 26.4 Å². The maximum absolute atomic E-state index is 12.8. The minimum absolute atomic E-state index is 0.0193. The molecule has 28 heavy (non-hydrogen) atoms. The number of amides is 3. The fourth-order valence-electron chi connectivity index (χ4n) is 3.37. The molecule has 1 atom stereocenters. The molecule has 3 rings (SSSR count). The first kappa shape index (κ1) is 21.0. The highest BCUT2D eigenvalue weighted by molar-refractivity contribution is 7.92. The number of halogens is 1. The van der Waals surface area contributed by atoms with Gasteiger partial charge in [0.1, 0.15) is 5.54 Å². The Kier molecular flexibility index (Phi) is 5.47. The van der Waals surface area contributed by atoms with E-state index in [-0.39, 0.29) is 30.8 Å². The second-order valence-electron chi connectivity index (χ2n) is 7.09. The number of carbonyl (C=O) groups excluding carboxylic acids is 2. The summed E-state index contributed by atoms with van der Waals surface area (Å²) in [7, 11) is -7.47. The Morgan fingerprint density at radius 2 is 1.68 bits per heavy atom. The van der Waals surface area contributed by atoms with Crippen molar-refractivity contribution in [3.05, 3.63) is 29.3 Å². The van der Waals surface area contributed by atoms with Crippen LogP contribution in [0, 0.1) is 0 Å². The fourth-order valence-corrected chi connectivity index (χ4v) is 7.12. The third-order valence-electron chi connectivity index (χ3n) is 4.96. The minimum Gasteiger partial charge on any atom is -0.322 e. The van der Waals surface area contributed by atoms with Gasteiger partial charge in [0.25, 0.3) is 5.91 Å². The number of nitrogens with one attached hydrogen (secondary N) is 2. The van der Waals surface area contributed by atoms with Crippen molar-refractivity contribution in [2.75, 3.05) is 18.8 Å². The Labute approximate surface area is 168 Å². The second-order valence-corrected chi connectivity index (χ2v) is 11.7. The monoisotopic (exact) mass is 449 g/mol. The van der Waals surface area contributed by atoms with Crippen LogP contribution in [0.25, 0.3) is 0 Å². The first-order valence-corrected chi connectivity index (χ1v) is 12.1. The average Bonchev–Trinajstić information content (AvgIpc) is 2.86. The number of sulfone groups is 1. The van der Waals surface area contributed by atoms with E-state index in [1.807, 2.05) is 5.32 Å². The van der Waals surface area contributed by atoms with Gasteiger partial charge in [0.05, 0.1) is 15.9 Å².